The Labute approximate surface area is 242 Å². The molecule has 1 atom stereocenters. The number of benzodiazepines with no additional fused rings is 1. The van der Waals surface area contributed by atoms with Crippen LogP contribution in [-0.4, -0.2) is 49.1 Å². The molecule has 0 radical (unpaired) electrons. The highest BCUT2D eigenvalue weighted by molar-refractivity contribution is 6.12. The molecule has 41 heavy (non-hydrogen) atoms. The quantitative estimate of drug-likeness (QED) is 0.398. The molecular weight excluding hydrogens is 516 g/mol. The summed E-state index contributed by atoms with van der Waals surface area (Å²) in [6.07, 6.45) is 3.86. The lowest BCUT2D eigenvalue weighted by Crippen LogP contribution is -2.47. The number of carbonyl (C=O) groups excluding carboxylic acids is 2. The van der Waals surface area contributed by atoms with Crippen LogP contribution in [0.1, 0.15) is 54.4 Å². The van der Waals surface area contributed by atoms with Gasteiger partial charge in [-0.25, -0.2) is 9.79 Å². The molecule has 8 heteroatoms. The minimum atomic E-state index is -1.15. The molecule has 0 aromatic heterocycles. The number of alkyl carbamates (subject to hydrolysis) is 1. The lowest BCUT2D eigenvalue weighted by Gasteiger charge is -2.34. The summed E-state index contributed by atoms with van der Waals surface area (Å²) in [4.78, 5) is 36.0. The van der Waals surface area contributed by atoms with Gasteiger partial charge in [-0.2, -0.15) is 0 Å². The fraction of sp³-hybridized carbons (Fsp3) is 0.364. The van der Waals surface area contributed by atoms with Crippen molar-refractivity contribution in [1.29, 1.82) is 0 Å². The standard InChI is InChI=1S/C33H38N4O4/c1-23-14-19-28-29(20-23)37(21-24-15-17-27(40-3)18-16-24)32(38)30(34-31(28)36(2)26-12-8-5-9-13-26)35-33(39)41-22-25-10-6-4-7-11-25/h4,6-7,10-11,14-20,26,30H,5,8-9,12-13,21-22H2,1-3H3,(H,35,39). The first-order valence-electron chi connectivity index (χ1n) is 14.3. The number of amides is 2. The van der Waals surface area contributed by atoms with Crippen LogP contribution in [0.4, 0.5) is 10.5 Å². The molecule has 1 unspecified atom stereocenters. The van der Waals surface area contributed by atoms with Crippen molar-refractivity contribution in [2.45, 2.75) is 64.4 Å². The van der Waals surface area contributed by atoms with Crippen LogP contribution in [-0.2, 0) is 22.7 Å². The highest BCUT2D eigenvalue weighted by atomic mass is 16.5. The number of amidine groups is 1. The summed E-state index contributed by atoms with van der Waals surface area (Å²) >= 11 is 0. The van der Waals surface area contributed by atoms with Gasteiger partial charge in [-0.15, -0.1) is 0 Å². The van der Waals surface area contributed by atoms with Crippen LogP contribution in [0.2, 0.25) is 0 Å². The zero-order valence-corrected chi connectivity index (χ0v) is 24.0. The van der Waals surface area contributed by atoms with Crippen LogP contribution in [0.3, 0.4) is 0 Å². The molecule has 8 nitrogen and oxygen atoms in total. The summed E-state index contributed by atoms with van der Waals surface area (Å²) in [7, 11) is 3.67. The summed E-state index contributed by atoms with van der Waals surface area (Å²) in [6, 6.07) is 23.5. The Bertz CT molecular complexity index is 1380. The normalized spacial score (nSPS) is 17.2. The number of ether oxygens (including phenoxy) is 2. The smallest absolute Gasteiger partial charge is 0.409 e. The molecule has 1 fully saturated rings. The summed E-state index contributed by atoms with van der Waals surface area (Å²) in [6.45, 7) is 2.42. The Balaban J connectivity index is 1.50. The Morgan fingerprint density at radius 3 is 2.44 bits per heavy atom. The number of anilines is 1. The van der Waals surface area contributed by atoms with Gasteiger partial charge in [0, 0.05) is 18.7 Å². The molecule has 1 aliphatic heterocycles. The third-order valence-electron chi connectivity index (χ3n) is 7.86. The number of carbonyl (C=O) groups is 2. The third-order valence-corrected chi connectivity index (χ3v) is 7.86. The van der Waals surface area contributed by atoms with Crippen LogP contribution in [0.15, 0.2) is 77.8 Å². The molecule has 0 spiro atoms. The van der Waals surface area contributed by atoms with Crippen molar-refractivity contribution in [2.24, 2.45) is 4.99 Å². The van der Waals surface area contributed by atoms with E-state index in [-0.39, 0.29) is 12.5 Å². The predicted octanol–water partition coefficient (Wildman–Crippen LogP) is 5.81. The van der Waals surface area contributed by atoms with E-state index < -0.39 is 12.3 Å². The molecule has 1 aliphatic carbocycles. The summed E-state index contributed by atoms with van der Waals surface area (Å²) < 4.78 is 10.8. The molecule has 0 bridgehead atoms. The number of aryl methyl sites for hydroxylation is 1. The number of fused-ring (bicyclic) bond motifs is 1. The van der Waals surface area contributed by atoms with Crippen LogP contribution in [0.5, 0.6) is 5.75 Å². The van der Waals surface area contributed by atoms with E-state index >= 15 is 0 Å². The molecule has 5 rings (SSSR count). The van der Waals surface area contributed by atoms with Gasteiger partial charge in [-0.05, 0) is 60.7 Å². The molecular formula is C33H38N4O4. The number of rotatable bonds is 7. The van der Waals surface area contributed by atoms with Crippen molar-refractivity contribution < 1.29 is 19.1 Å². The molecule has 1 saturated carbocycles. The molecule has 1 N–H and O–H groups in total. The highest BCUT2D eigenvalue weighted by Crippen LogP contribution is 2.32. The van der Waals surface area contributed by atoms with Gasteiger partial charge in [0.2, 0.25) is 6.17 Å². The van der Waals surface area contributed by atoms with Crippen molar-refractivity contribution >= 4 is 23.5 Å². The Hall–Kier alpha value is -4.33. The number of nitrogens with one attached hydrogen (secondary N) is 1. The largest absolute Gasteiger partial charge is 0.497 e. The minimum absolute atomic E-state index is 0.0983. The van der Waals surface area contributed by atoms with E-state index in [1.165, 1.54) is 19.3 Å². The fourth-order valence-electron chi connectivity index (χ4n) is 5.54. The second kappa shape index (κ2) is 12.9. The third kappa shape index (κ3) is 6.70. The van der Waals surface area contributed by atoms with Gasteiger partial charge in [0.25, 0.3) is 5.91 Å². The van der Waals surface area contributed by atoms with Gasteiger partial charge in [0.15, 0.2) is 0 Å². The number of methoxy groups -OCH3 is 1. The van der Waals surface area contributed by atoms with E-state index in [0.29, 0.717) is 18.4 Å². The molecule has 2 aliphatic rings. The first kappa shape index (κ1) is 28.2. The van der Waals surface area contributed by atoms with E-state index in [2.05, 4.69) is 10.2 Å². The molecule has 1 heterocycles. The Morgan fingerprint density at radius 1 is 1.00 bits per heavy atom. The second-order valence-electron chi connectivity index (χ2n) is 10.8. The zero-order valence-electron chi connectivity index (χ0n) is 24.0. The summed E-state index contributed by atoms with van der Waals surface area (Å²) in [5.74, 6) is 1.12. The van der Waals surface area contributed by atoms with Crippen LogP contribution < -0.4 is 15.0 Å². The highest BCUT2D eigenvalue weighted by Gasteiger charge is 2.35. The van der Waals surface area contributed by atoms with Gasteiger partial charge in [-0.1, -0.05) is 67.8 Å². The number of aliphatic imine (C=N–C) groups is 1. The van der Waals surface area contributed by atoms with E-state index in [4.69, 9.17) is 14.5 Å². The first-order valence-corrected chi connectivity index (χ1v) is 14.3. The van der Waals surface area contributed by atoms with Crippen molar-refractivity contribution in [3.63, 3.8) is 0 Å². The van der Waals surface area contributed by atoms with Crippen LogP contribution in [0.25, 0.3) is 0 Å². The van der Waals surface area contributed by atoms with Gasteiger partial charge in [0.1, 0.15) is 18.2 Å². The molecule has 0 saturated heterocycles. The maximum atomic E-state index is 14.2. The number of nitrogens with zero attached hydrogens (tertiary/aromatic N) is 3. The topological polar surface area (TPSA) is 83.5 Å². The van der Waals surface area contributed by atoms with Crippen molar-refractivity contribution in [1.82, 2.24) is 10.2 Å². The number of hydrogen-bond donors (Lipinski definition) is 1. The summed E-state index contributed by atoms with van der Waals surface area (Å²) in [5, 5.41) is 2.76. The second-order valence-corrected chi connectivity index (χ2v) is 10.8. The lowest BCUT2D eigenvalue weighted by atomic mass is 9.93. The molecule has 214 valence electrons. The lowest BCUT2D eigenvalue weighted by molar-refractivity contribution is -0.120. The van der Waals surface area contributed by atoms with E-state index in [1.807, 2.05) is 86.8 Å². The number of hydrogen-bond acceptors (Lipinski definition) is 6. The Kier molecular flexibility index (Phi) is 8.87. The maximum absolute atomic E-state index is 14.2. The van der Waals surface area contributed by atoms with Gasteiger partial charge in [0.05, 0.1) is 19.3 Å². The van der Waals surface area contributed by atoms with Crippen molar-refractivity contribution in [3.8, 4) is 5.75 Å². The van der Waals surface area contributed by atoms with E-state index in [0.717, 1.165) is 46.5 Å². The SMILES string of the molecule is COc1ccc(CN2C(=O)C(NC(=O)OCc3ccccc3)N=C(N(C)C3CCCCC3)c3ccc(C)cc32)cc1. The predicted molar refractivity (Wildman–Crippen MR) is 160 cm³/mol. The number of benzene rings is 3. The average molecular weight is 555 g/mol. The Morgan fingerprint density at radius 2 is 1.73 bits per heavy atom. The molecule has 3 aromatic carbocycles. The van der Waals surface area contributed by atoms with Gasteiger partial charge >= 0.3 is 6.09 Å². The van der Waals surface area contributed by atoms with Crippen molar-refractivity contribution in [2.75, 3.05) is 19.1 Å². The van der Waals surface area contributed by atoms with E-state index in [1.54, 1.807) is 12.0 Å². The van der Waals surface area contributed by atoms with Crippen LogP contribution in [0, 0.1) is 6.92 Å². The van der Waals surface area contributed by atoms with Gasteiger partial charge < -0.3 is 19.3 Å². The minimum Gasteiger partial charge on any atom is -0.497 e. The maximum Gasteiger partial charge on any atom is 0.409 e. The van der Waals surface area contributed by atoms with Crippen LogP contribution >= 0.6 is 0 Å². The molecule has 2 amide bonds. The first-order chi connectivity index (χ1) is 19.9. The van der Waals surface area contributed by atoms with Crippen molar-refractivity contribution in [3.05, 3.63) is 95.1 Å². The average Bonchev–Trinajstić information content (AvgIpc) is 3.11. The monoisotopic (exact) mass is 554 g/mol. The zero-order chi connectivity index (χ0) is 28.8. The van der Waals surface area contributed by atoms with Gasteiger partial charge in [-0.3, -0.25) is 10.1 Å². The molecule has 3 aromatic rings. The summed E-state index contributed by atoms with van der Waals surface area (Å²) in [5.41, 5.74) is 4.47. The fourth-order valence-corrected chi connectivity index (χ4v) is 5.54. The van der Waals surface area contributed by atoms with E-state index in [9.17, 15) is 9.59 Å².